The zero-order valence-corrected chi connectivity index (χ0v) is 17.2. The number of rotatable bonds is 8. The van der Waals surface area contributed by atoms with E-state index in [2.05, 4.69) is 10.6 Å². The van der Waals surface area contributed by atoms with Crippen LogP contribution in [-0.2, 0) is 16.0 Å². The molecule has 2 amide bonds. The van der Waals surface area contributed by atoms with Gasteiger partial charge >= 0.3 is 11.8 Å². The molecule has 0 atom stereocenters. The summed E-state index contributed by atoms with van der Waals surface area (Å²) in [6, 6.07) is 19.0. The van der Waals surface area contributed by atoms with Crippen LogP contribution in [-0.4, -0.2) is 31.6 Å². The van der Waals surface area contributed by atoms with Crippen molar-refractivity contribution >= 4 is 28.3 Å². The molecule has 3 aromatic carbocycles. The molecule has 0 aliphatic rings. The maximum absolute atomic E-state index is 12.2. The molecule has 0 aliphatic heterocycles. The minimum atomic E-state index is -0.688. The van der Waals surface area contributed by atoms with Gasteiger partial charge < -0.3 is 20.1 Å². The van der Waals surface area contributed by atoms with Crippen molar-refractivity contribution < 1.29 is 19.1 Å². The number of amides is 2. The molecule has 0 spiro atoms. The molecule has 6 heteroatoms. The molecule has 0 aliphatic carbocycles. The zero-order valence-electron chi connectivity index (χ0n) is 17.2. The van der Waals surface area contributed by atoms with Crippen molar-refractivity contribution in [3.63, 3.8) is 0 Å². The van der Waals surface area contributed by atoms with Gasteiger partial charge in [0.05, 0.1) is 13.2 Å². The number of carbonyl (C=O) groups excluding carboxylic acids is 2. The number of ether oxygens (including phenoxy) is 2. The molecule has 0 unspecified atom stereocenters. The lowest BCUT2D eigenvalue weighted by Gasteiger charge is -2.12. The van der Waals surface area contributed by atoms with Gasteiger partial charge in [-0.1, -0.05) is 36.4 Å². The van der Waals surface area contributed by atoms with Gasteiger partial charge in [-0.25, -0.2) is 0 Å². The fourth-order valence-corrected chi connectivity index (χ4v) is 3.11. The molecule has 0 bridgehead atoms. The van der Waals surface area contributed by atoms with Crippen LogP contribution in [0, 0.1) is 0 Å². The fourth-order valence-electron chi connectivity index (χ4n) is 3.11. The number of fused-ring (bicyclic) bond motifs is 1. The standard InChI is InChI=1S/C24H26N2O4/c1-3-29-21-12-9-17(15-22(21)30-4-2)13-14-25-23(27)24(28)26-20-11-10-18-7-5-6-8-19(18)16-20/h5-12,15-16H,3-4,13-14H2,1-2H3,(H,25,27)(H,26,28). The van der Waals surface area contributed by atoms with Gasteiger partial charge in [-0.05, 0) is 60.9 Å². The largest absolute Gasteiger partial charge is 0.490 e. The number of carbonyl (C=O) groups is 2. The molecule has 156 valence electrons. The van der Waals surface area contributed by atoms with Crippen LogP contribution in [0.25, 0.3) is 10.8 Å². The van der Waals surface area contributed by atoms with Gasteiger partial charge in [0.2, 0.25) is 0 Å². The van der Waals surface area contributed by atoms with E-state index in [0.29, 0.717) is 43.4 Å². The summed E-state index contributed by atoms with van der Waals surface area (Å²) < 4.78 is 11.2. The topological polar surface area (TPSA) is 76.7 Å². The SMILES string of the molecule is CCOc1ccc(CCNC(=O)C(=O)Nc2ccc3ccccc3c2)cc1OCC. The van der Waals surface area contributed by atoms with E-state index in [0.717, 1.165) is 16.3 Å². The first kappa shape index (κ1) is 21.2. The second kappa shape index (κ2) is 10.3. The summed E-state index contributed by atoms with van der Waals surface area (Å²) in [5.74, 6) is 0.0187. The highest BCUT2D eigenvalue weighted by molar-refractivity contribution is 6.39. The van der Waals surface area contributed by atoms with E-state index in [1.807, 2.05) is 68.4 Å². The van der Waals surface area contributed by atoms with Crippen molar-refractivity contribution in [3.8, 4) is 11.5 Å². The molecule has 0 fully saturated rings. The van der Waals surface area contributed by atoms with Gasteiger partial charge in [-0.15, -0.1) is 0 Å². The molecule has 0 radical (unpaired) electrons. The van der Waals surface area contributed by atoms with Crippen molar-refractivity contribution in [1.82, 2.24) is 5.32 Å². The van der Waals surface area contributed by atoms with Crippen LogP contribution in [0.15, 0.2) is 60.7 Å². The zero-order chi connectivity index (χ0) is 21.3. The average Bonchev–Trinajstić information content (AvgIpc) is 2.75. The normalized spacial score (nSPS) is 10.5. The van der Waals surface area contributed by atoms with Crippen LogP contribution in [0.3, 0.4) is 0 Å². The summed E-state index contributed by atoms with van der Waals surface area (Å²) in [5.41, 5.74) is 1.57. The first-order valence-corrected chi connectivity index (χ1v) is 10.1. The third-order valence-electron chi connectivity index (χ3n) is 4.52. The molecular formula is C24H26N2O4. The van der Waals surface area contributed by atoms with E-state index in [-0.39, 0.29) is 0 Å². The number of hydrogen-bond donors (Lipinski definition) is 2. The van der Waals surface area contributed by atoms with Crippen LogP contribution in [0.2, 0.25) is 0 Å². The van der Waals surface area contributed by atoms with Gasteiger partial charge in [0, 0.05) is 12.2 Å². The van der Waals surface area contributed by atoms with Crippen molar-refractivity contribution in [2.45, 2.75) is 20.3 Å². The summed E-state index contributed by atoms with van der Waals surface area (Å²) in [7, 11) is 0. The van der Waals surface area contributed by atoms with Crippen molar-refractivity contribution in [2.24, 2.45) is 0 Å². The molecule has 6 nitrogen and oxygen atoms in total. The molecule has 3 aromatic rings. The van der Waals surface area contributed by atoms with Crippen LogP contribution in [0.4, 0.5) is 5.69 Å². The Morgan fingerprint density at radius 3 is 2.30 bits per heavy atom. The van der Waals surface area contributed by atoms with Gasteiger partial charge in [-0.3, -0.25) is 9.59 Å². The van der Waals surface area contributed by atoms with Crippen molar-refractivity contribution in [2.75, 3.05) is 25.1 Å². The monoisotopic (exact) mass is 406 g/mol. The maximum atomic E-state index is 12.2. The Morgan fingerprint density at radius 2 is 1.53 bits per heavy atom. The highest BCUT2D eigenvalue weighted by Crippen LogP contribution is 2.28. The van der Waals surface area contributed by atoms with Gasteiger partial charge in [-0.2, -0.15) is 0 Å². The highest BCUT2D eigenvalue weighted by Gasteiger charge is 2.14. The number of benzene rings is 3. The van der Waals surface area contributed by atoms with Gasteiger partial charge in [0.1, 0.15) is 0 Å². The van der Waals surface area contributed by atoms with E-state index < -0.39 is 11.8 Å². The molecule has 3 rings (SSSR count). The van der Waals surface area contributed by atoms with E-state index >= 15 is 0 Å². The number of hydrogen-bond acceptors (Lipinski definition) is 4. The minimum Gasteiger partial charge on any atom is -0.490 e. The quantitative estimate of drug-likeness (QED) is 0.556. The second-order valence-electron chi connectivity index (χ2n) is 6.67. The summed E-state index contributed by atoms with van der Waals surface area (Å²) in [6.07, 6.45) is 0.571. The summed E-state index contributed by atoms with van der Waals surface area (Å²) in [6.45, 7) is 5.26. The Bertz CT molecular complexity index is 1030. The van der Waals surface area contributed by atoms with Gasteiger partial charge in [0.15, 0.2) is 11.5 Å². The molecule has 0 saturated carbocycles. The molecule has 0 saturated heterocycles. The first-order valence-electron chi connectivity index (χ1n) is 10.1. The fraction of sp³-hybridized carbons (Fsp3) is 0.250. The Morgan fingerprint density at radius 1 is 0.800 bits per heavy atom. The van der Waals surface area contributed by atoms with Crippen LogP contribution < -0.4 is 20.1 Å². The first-order chi connectivity index (χ1) is 14.6. The summed E-state index contributed by atoms with van der Waals surface area (Å²) in [4.78, 5) is 24.3. The van der Waals surface area contributed by atoms with Crippen molar-refractivity contribution in [1.29, 1.82) is 0 Å². The Hall–Kier alpha value is -3.54. The lowest BCUT2D eigenvalue weighted by atomic mass is 10.1. The average molecular weight is 406 g/mol. The highest BCUT2D eigenvalue weighted by atomic mass is 16.5. The van der Waals surface area contributed by atoms with Gasteiger partial charge in [0.25, 0.3) is 0 Å². The number of anilines is 1. The predicted octanol–water partition coefficient (Wildman–Crippen LogP) is 3.93. The predicted molar refractivity (Wildman–Crippen MR) is 118 cm³/mol. The smallest absolute Gasteiger partial charge is 0.313 e. The minimum absolute atomic E-state index is 0.337. The Labute approximate surface area is 176 Å². The third kappa shape index (κ3) is 5.50. The Kier molecular flexibility index (Phi) is 7.27. The van der Waals surface area contributed by atoms with E-state index in [1.54, 1.807) is 6.07 Å². The van der Waals surface area contributed by atoms with E-state index in [9.17, 15) is 9.59 Å². The lowest BCUT2D eigenvalue weighted by Crippen LogP contribution is -2.36. The maximum Gasteiger partial charge on any atom is 0.313 e. The van der Waals surface area contributed by atoms with E-state index in [1.165, 1.54) is 0 Å². The molecular weight excluding hydrogens is 380 g/mol. The Balaban J connectivity index is 1.53. The second-order valence-corrected chi connectivity index (χ2v) is 6.67. The summed E-state index contributed by atoms with van der Waals surface area (Å²) >= 11 is 0. The van der Waals surface area contributed by atoms with Crippen LogP contribution in [0.5, 0.6) is 11.5 Å². The van der Waals surface area contributed by atoms with E-state index in [4.69, 9.17) is 9.47 Å². The number of nitrogens with one attached hydrogen (secondary N) is 2. The summed E-state index contributed by atoms with van der Waals surface area (Å²) in [5, 5.41) is 7.37. The molecule has 30 heavy (non-hydrogen) atoms. The lowest BCUT2D eigenvalue weighted by molar-refractivity contribution is -0.136. The van der Waals surface area contributed by atoms with Crippen LogP contribution >= 0.6 is 0 Å². The molecule has 0 heterocycles. The molecule has 2 N–H and O–H groups in total. The third-order valence-corrected chi connectivity index (χ3v) is 4.52. The van der Waals surface area contributed by atoms with Crippen molar-refractivity contribution in [3.05, 3.63) is 66.2 Å². The van der Waals surface area contributed by atoms with Crippen LogP contribution in [0.1, 0.15) is 19.4 Å². The molecule has 0 aromatic heterocycles.